The fourth-order valence-corrected chi connectivity index (χ4v) is 4.24. The third-order valence-electron chi connectivity index (χ3n) is 5.82. The van der Waals surface area contributed by atoms with Crippen LogP contribution in [0, 0.1) is 0 Å². The summed E-state index contributed by atoms with van der Waals surface area (Å²) in [4.78, 5) is 26.9. The maximum Gasteiger partial charge on any atom is 0.431 e. The number of pyridine rings is 1. The molecule has 1 aromatic heterocycles. The van der Waals surface area contributed by atoms with Crippen molar-refractivity contribution in [2.75, 3.05) is 39.5 Å². The van der Waals surface area contributed by atoms with Crippen LogP contribution in [-0.4, -0.2) is 73.1 Å². The number of rotatable bonds is 7. The first-order valence-electron chi connectivity index (χ1n) is 10.9. The summed E-state index contributed by atoms with van der Waals surface area (Å²) in [6.07, 6.45) is -6.05. The third-order valence-corrected chi connectivity index (χ3v) is 5.82. The molecule has 0 unspecified atom stereocenters. The van der Waals surface area contributed by atoms with Gasteiger partial charge in [-0.05, 0) is 30.7 Å². The van der Waals surface area contributed by atoms with Crippen molar-refractivity contribution in [1.29, 1.82) is 0 Å². The number of halogens is 4. The highest BCUT2D eigenvalue weighted by atomic mass is 19.4. The van der Waals surface area contributed by atoms with Crippen LogP contribution < -0.4 is 16.0 Å². The molecule has 0 spiro atoms. The first-order valence-corrected chi connectivity index (χ1v) is 10.9. The summed E-state index contributed by atoms with van der Waals surface area (Å²) in [6.45, 7) is 3.99. The summed E-state index contributed by atoms with van der Waals surface area (Å²) in [5.74, 6) is -0.762. The molecule has 0 bridgehead atoms. The van der Waals surface area contributed by atoms with E-state index in [0.717, 1.165) is 6.07 Å². The summed E-state index contributed by atoms with van der Waals surface area (Å²) in [6, 6.07) is 6.52. The van der Waals surface area contributed by atoms with Crippen LogP contribution >= 0.6 is 0 Å². The van der Waals surface area contributed by atoms with Gasteiger partial charge in [0.05, 0.1) is 13.2 Å². The van der Waals surface area contributed by atoms with E-state index in [9.17, 15) is 27.2 Å². The van der Waals surface area contributed by atoms with Gasteiger partial charge in [0.15, 0.2) is 0 Å². The molecule has 2 aromatic rings. The Hall–Kier alpha value is -2.96. The Morgan fingerprint density at radius 1 is 1.29 bits per heavy atom. The second-order valence-corrected chi connectivity index (χ2v) is 8.99. The van der Waals surface area contributed by atoms with Gasteiger partial charge in [0.1, 0.15) is 41.5 Å². The minimum Gasteiger partial charge on any atom is -0.491 e. The third kappa shape index (κ3) is 5.82. The Morgan fingerprint density at radius 3 is 2.57 bits per heavy atom. The lowest BCUT2D eigenvalue weighted by molar-refractivity contribution is -0.209. The van der Waals surface area contributed by atoms with Crippen molar-refractivity contribution in [1.82, 2.24) is 9.88 Å². The van der Waals surface area contributed by atoms with Crippen molar-refractivity contribution in [3.05, 3.63) is 51.9 Å². The Bertz CT molecular complexity index is 1130. The van der Waals surface area contributed by atoms with Gasteiger partial charge in [0, 0.05) is 25.2 Å². The number of H-pyrrole nitrogens is 1. The second-order valence-electron chi connectivity index (χ2n) is 8.99. The minimum atomic E-state index is -4.86. The van der Waals surface area contributed by atoms with Crippen LogP contribution in [0.1, 0.15) is 23.0 Å². The number of carbonyl (C=O) groups is 1. The quantitative estimate of drug-likeness (QED) is 0.567. The van der Waals surface area contributed by atoms with Crippen LogP contribution in [0.15, 0.2) is 35.1 Å². The summed E-state index contributed by atoms with van der Waals surface area (Å²) in [7, 11) is 0. The van der Waals surface area contributed by atoms with E-state index < -0.39 is 46.2 Å². The molecule has 2 atom stereocenters. The zero-order chi connectivity index (χ0) is 25.4. The standard InChI is InChI=1S/C23H25F4N3O5/c1-22(11-30-7-14(24)8-30)12-33-9-16(35-22)10-34-15-4-2-13(3-5-15)17-6-18(20(28)31)21(32)29-19(17)23(25,26)27/h2-6,14,16H,7-12H2,1H3,(H2,28,31)(H,29,32)/t16-,22+/m0/s1. The van der Waals surface area contributed by atoms with Gasteiger partial charge in [0.2, 0.25) is 0 Å². The average molecular weight is 499 g/mol. The highest BCUT2D eigenvalue weighted by molar-refractivity contribution is 5.94. The molecule has 2 aliphatic heterocycles. The van der Waals surface area contributed by atoms with Crippen LogP contribution in [0.4, 0.5) is 17.6 Å². The average Bonchev–Trinajstić information content (AvgIpc) is 2.76. The minimum absolute atomic E-state index is 0.106. The zero-order valence-corrected chi connectivity index (χ0v) is 18.9. The number of nitrogens with zero attached hydrogens (tertiary/aromatic N) is 1. The number of aromatic amines is 1. The number of likely N-dealkylation sites (tertiary alicyclic amines) is 1. The molecule has 1 aromatic carbocycles. The molecule has 8 nitrogen and oxygen atoms in total. The number of ether oxygens (including phenoxy) is 3. The highest BCUT2D eigenvalue weighted by Crippen LogP contribution is 2.36. The fourth-order valence-electron chi connectivity index (χ4n) is 4.24. The molecular formula is C23H25F4N3O5. The number of carbonyl (C=O) groups excluding carboxylic acids is 1. The molecule has 35 heavy (non-hydrogen) atoms. The number of alkyl halides is 4. The van der Waals surface area contributed by atoms with Gasteiger partial charge in [-0.3, -0.25) is 14.5 Å². The van der Waals surface area contributed by atoms with Gasteiger partial charge in [-0.25, -0.2) is 4.39 Å². The highest BCUT2D eigenvalue weighted by Gasteiger charge is 2.39. The normalized spacial score (nSPS) is 23.6. The van der Waals surface area contributed by atoms with Gasteiger partial charge in [-0.15, -0.1) is 0 Å². The Balaban J connectivity index is 1.44. The maximum atomic E-state index is 13.5. The SMILES string of the molecule is C[C@@]1(CN2CC(F)C2)COC[C@@H](COc2ccc(-c3cc(C(N)=O)c(=O)[nH]c3C(F)(F)F)cc2)O1. The topological polar surface area (TPSA) is 107 Å². The fraction of sp³-hybridized carbons (Fsp3) is 0.478. The number of primary amides is 1. The van der Waals surface area contributed by atoms with Crippen LogP contribution in [0.25, 0.3) is 11.1 Å². The van der Waals surface area contributed by atoms with Crippen molar-refractivity contribution in [3.8, 4) is 16.9 Å². The smallest absolute Gasteiger partial charge is 0.431 e. The number of nitrogens with two attached hydrogens (primary N) is 1. The number of aromatic nitrogens is 1. The molecule has 2 fully saturated rings. The monoisotopic (exact) mass is 499 g/mol. The largest absolute Gasteiger partial charge is 0.491 e. The van der Waals surface area contributed by atoms with Crippen molar-refractivity contribution in [2.45, 2.75) is 31.0 Å². The first-order chi connectivity index (χ1) is 16.4. The van der Waals surface area contributed by atoms with E-state index in [0.29, 0.717) is 38.6 Å². The zero-order valence-electron chi connectivity index (χ0n) is 18.9. The van der Waals surface area contributed by atoms with Crippen LogP contribution in [0.3, 0.4) is 0 Å². The second kappa shape index (κ2) is 9.59. The van der Waals surface area contributed by atoms with E-state index in [2.05, 4.69) is 0 Å². The van der Waals surface area contributed by atoms with Gasteiger partial charge < -0.3 is 24.9 Å². The Kier molecular flexibility index (Phi) is 6.89. The molecule has 1 amide bonds. The van der Waals surface area contributed by atoms with E-state index in [-0.39, 0.29) is 18.3 Å². The van der Waals surface area contributed by atoms with E-state index in [1.54, 1.807) is 4.98 Å². The number of hydrogen-bond acceptors (Lipinski definition) is 6. The van der Waals surface area contributed by atoms with Gasteiger partial charge in [-0.1, -0.05) is 12.1 Å². The number of amides is 1. The number of hydrogen-bond donors (Lipinski definition) is 2. The van der Waals surface area contributed by atoms with Crippen molar-refractivity contribution in [2.24, 2.45) is 5.73 Å². The molecule has 190 valence electrons. The lowest BCUT2D eigenvalue weighted by atomic mass is 10.0. The first kappa shape index (κ1) is 25.1. The lowest BCUT2D eigenvalue weighted by Crippen LogP contribution is -2.59. The summed E-state index contributed by atoms with van der Waals surface area (Å²) < 4.78 is 71.0. The molecule has 2 saturated heterocycles. The van der Waals surface area contributed by atoms with Gasteiger partial charge in [-0.2, -0.15) is 13.2 Å². The van der Waals surface area contributed by atoms with Crippen molar-refractivity contribution in [3.63, 3.8) is 0 Å². The Labute approximate surface area is 198 Å². The molecule has 0 saturated carbocycles. The molecule has 4 rings (SSSR count). The number of nitrogens with one attached hydrogen (secondary N) is 1. The molecule has 3 heterocycles. The van der Waals surface area contributed by atoms with E-state index in [1.807, 2.05) is 11.8 Å². The van der Waals surface area contributed by atoms with Crippen LogP contribution in [0.2, 0.25) is 0 Å². The molecule has 0 aliphatic carbocycles. The van der Waals surface area contributed by atoms with E-state index >= 15 is 0 Å². The van der Waals surface area contributed by atoms with E-state index in [1.165, 1.54) is 24.3 Å². The summed E-state index contributed by atoms with van der Waals surface area (Å²) >= 11 is 0. The Morgan fingerprint density at radius 2 is 1.97 bits per heavy atom. The molecule has 3 N–H and O–H groups in total. The predicted molar refractivity (Wildman–Crippen MR) is 117 cm³/mol. The van der Waals surface area contributed by atoms with Gasteiger partial charge >= 0.3 is 6.18 Å². The maximum absolute atomic E-state index is 13.5. The molecular weight excluding hydrogens is 474 g/mol. The van der Waals surface area contributed by atoms with Crippen LogP contribution in [0.5, 0.6) is 5.75 Å². The lowest BCUT2D eigenvalue weighted by Gasteiger charge is -2.44. The molecule has 12 heteroatoms. The van der Waals surface area contributed by atoms with E-state index in [4.69, 9.17) is 19.9 Å². The van der Waals surface area contributed by atoms with Crippen LogP contribution in [-0.2, 0) is 15.7 Å². The van der Waals surface area contributed by atoms with Crippen molar-refractivity contribution >= 4 is 5.91 Å². The molecule has 2 aliphatic rings. The van der Waals surface area contributed by atoms with Gasteiger partial charge in [0.25, 0.3) is 11.5 Å². The molecule has 0 radical (unpaired) electrons. The number of benzene rings is 1. The summed E-state index contributed by atoms with van der Waals surface area (Å²) in [5.41, 5.74) is 1.15. The van der Waals surface area contributed by atoms with Crippen molar-refractivity contribution < 1.29 is 36.6 Å². The summed E-state index contributed by atoms with van der Waals surface area (Å²) in [5, 5.41) is 0. The predicted octanol–water partition coefficient (Wildman–Crippen LogP) is 2.37.